The summed E-state index contributed by atoms with van der Waals surface area (Å²) < 4.78 is 31.8. The summed E-state index contributed by atoms with van der Waals surface area (Å²) in [6.45, 7) is 1.80. The van der Waals surface area contributed by atoms with E-state index in [2.05, 4.69) is 9.46 Å². The van der Waals surface area contributed by atoms with Crippen LogP contribution in [0.25, 0.3) is 0 Å². The average molecular weight is 293 g/mol. The Morgan fingerprint density at radius 3 is 2.74 bits per heavy atom. The number of aliphatic hydroxyl groups excluding tert-OH is 1. The van der Waals surface area contributed by atoms with Gasteiger partial charge in [-0.15, -0.1) is 0 Å². The van der Waals surface area contributed by atoms with Crippen molar-refractivity contribution >= 4 is 16.0 Å². The van der Waals surface area contributed by atoms with Crippen LogP contribution in [0, 0.1) is 5.92 Å². The van der Waals surface area contributed by atoms with Gasteiger partial charge in [0, 0.05) is 12.6 Å². The predicted molar refractivity (Wildman–Crippen MR) is 71.0 cm³/mol. The molecule has 0 radical (unpaired) electrons. The molecule has 0 spiro atoms. The molecule has 0 aromatic carbocycles. The van der Waals surface area contributed by atoms with Gasteiger partial charge in [0.1, 0.15) is 0 Å². The minimum Gasteiger partial charge on any atom is -0.469 e. The molecule has 1 rings (SSSR count). The molecular formula is C12H23NO5S. The molecule has 1 aliphatic rings. The third-order valence-electron chi connectivity index (χ3n) is 3.52. The first-order valence-corrected chi connectivity index (χ1v) is 8.16. The fourth-order valence-electron chi connectivity index (χ4n) is 2.54. The van der Waals surface area contributed by atoms with Crippen molar-refractivity contribution < 1.29 is 23.1 Å². The molecule has 1 saturated carbocycles. The quantitative estimate of drug-likeness (QED) is 0.663. The number of aliphatic hydroxyl groups is 1. The van der Waals surface area contributed by atoms with E-state index in [-0.39, 0.29) is 12.6 Å². The number of carbonyl (C=O) groups is 1. The van der Waals surface area contributed by atoms with E-state index in [1.165, 1.54) is 7.11 Å². The number of esters is 1. The van der Waals surface area contributed by atoms with Crippen molar-refractivity contribution in [1.82, 2.24) is 4.72 Å². The number of ether oxygens (including phenoxy) is 1. The number of hydrogen-bond acceptors (Lipinski definition) is 5. The van der Waals surface area contributed by atoms with Crippen LogP contribution in [0.5, 0.6) is 0 Å². The molecule has 2 N–H and O–H groups in total. The second-order valence-electron chi connectivity index (χ2n) is 5.03. The highest BCUT2D eigenvalue weighted by molar-refractivity contribution is 7.90. The lowest BCUT2D eigenvalue weighted by molar-refractivity contribution is -0.145. The van der Waals surface area contributed by atoms with Crippen molar-refractivity contribution in [3.63, 3.8) is 0 Å². The average Bonchev–Trinajstić information content (AvgIpc) is 2.84. The molecule has 112 valence electrons. The Kier molecular flexibility index (Phi) is 6.22. The zero-order chi connectivity index (χ0) is 14.5. The minimum absolute atomic E-state index is 0.0419. The van der Waals surface area contributed by atoms with Crippen molar-refractivity contribution in [1.29, 1.82) is 0 Å². The molecule has 0 heterocycles. The molecule has 0 aliphatic heterocycles. The Morgan fingerprint density at radius 1 is 1.47 bits per heavy atom. The molecule has 0 saturated heterocycles. The van der Waals surface area contributed by atoms with Gasteiger partial charge in [0.05, 0.1) is 18.3 Å². The van der Waals surface area contributed by atoms with Crippen LogP contribution < -0.4 is 4.72 Å². The molecule has 3 unspecified atom stereocenters. The summed E-state index contributed by atoms with van der Waals surface area (Å²) >= 11 is 0. The fraction of sp³-hybridized carbons (Fsp3) is 0.917. The SMILES string of the molecule is COC(=O)C1CCCC1S(=O)(=O)NC(C)CCCO. The normalized spacial score (nSPS) is 25.2. The van der Waals surface area contributed by atoms with E-state index < -0.39 is 27.2 Å². The minimum atomic E-state index is -3.53. The third-order valence-corrected chi connectivity index (χ3v) is 5.61. The van der Waals surface area contributed by atoms with Crippen molar-refractivity contribution in [3.05, 3.63) is 0 Å². The lowest BCUT2D eigenvalue weighted by Gasteiger charge is -2.21. The molecule has 19 heavy (non-hydrogen) atoms. The second-order valence-corrected chi connectivity index (χ2v) is 6.96. The number of nitrogens with one attached hydrogen (secondary N) is 1. The predicted octanol–water partition coefficient (Wildman–Crippen LogP) is 0.408. The maximum Gasteiger partial charge on any atom is 0.310 e. The van der Waals surface area contributed by atoms with Gasteiger partial charge in [0.2, 0.25) is 10.0 Å². The summed E-state index contributed by atoms with van der Waals surface area (Å²) in [6, 6.07) is -0.240. The van der Waals surface area contributed by atoms with E-state index in [0.29, 0.717) is 25.7 Å². The first kappa shape index (κ1) is 16.4. The maximum atomic E-state index is 12.3. The zero-order valence-corrected chi connectivity index (χ0v) is 12.3. The van der Waals surface area contributed by atoms with Crippen molar-refractivity contribution in [3.8, 4) is 0 Å². The molecule has 7 heteroatoms. The summed E-state index contributed by atoms with van der Waals surface area (Å²) in [4.78, 5) is 11.6. The van der Waals surface area contributed by atoms with Crippen LogP contribution in [-0.2, 0) is 19.6 Å². The molecule has 0 bridgehead atoms. The van der Waals surface area contributed by atoms with Crippen LogP contribution in [0.4, 0.5) is 0 Å². The van der Waals surface area contributed by atoms with E-state index in [0.717, 1.165) is 6.42 Å². The van der Waals surface area contributed by atoms with Gasteiger partial charge < -0.3 is 9.84 Å². The summed E-state index contributed by atoms with van der Waals surface area (Å²) in [6.07, 6.45) is 2.89. The van der Waals surface area contributed by atoms with Crippen LogP contribution in [0.3, 0.4) is 0 Å². The fourth-order valence-corrected chi connectivity index (χ4v) is 4.55. The first-order chi connectivity index (χ1) is 8.92. The standard InChI is InChI=1S/C12H23NO5S/c1-9(5-4-8-14)13-19(16,17)11-7-3-6-10(11)12(15)18-2/h9-11,13-14H,3-8H2,1-2H3. The second kappa shape index (κ2) is 7.21. The molecule has 0 aromatic heterocycles. The van der Waals surface area contributed by atoms with Gasteiger partial charge in [0.25, 0.3) is 0 Å². The van der Waals surface area contributed by atoms with Gasteiger partial charge in [-0.1, -0.05) is 6.42 Å². The summed E-state index contributed by atoms with van der Waals surface area (Å²) in [5.74, 6) is -1.01. The van der Waals surface area contributed by atoms with Crippen molar-refractivity contribution in [2.24, 2.45) is 5.92 Å². The lowest BCUT2D eigenvalue weighted by atomic mass is 10.1. The Hall–Kier alpha value is -0.660. The molecule has 1 fully saturated rings. The van der Waals surface area contributed by atoms with Crippen LogP contribution in [0.1, 0.15) is 39.0 Å². The summed E-state index contributed by atoms with van der Waals surface area (Å²) in [7, 11) is -2.25. The molecule has 0 amide bonds. The Morgan fingerprint density at radius 2 is 2.16 bits per heavy atom. The van der Waals surface area contributed by atoms with Crippen LogP contribution in [0.2, 0.25) is 0 Å². The van der Waals surface area contributed by atoms with Gasteiger partial charge in [-0.3, -0.25) is 4.79 Å². The number of rotatable bonds is 7. The number of methoxy groups -OCH3 is 1. The molecule has 1 aliphatic carbocycles. The van der Waals surface area contributed by atoms with Crippen molar-refractivity contribution in [2.75, 3.05) is 13.7 Å². The van der Waals surface area contributed by atoms with Gasteiger partial charge >= 0.3 is 5.97 Å². The van der Waals surface area contributed by atoms with E-state index >= 15 is 0 Å². The monoisotopic (exact) mass is 293 g/mol. The van der Waals surface area contributed by atoms with E-state index in [1.807, 2.05) is 0 Å². The zero-order valence-electron chi connectivity index (χ0n) is 11.5. The maximum absolute atomic E-state index is 12.3. The molecule has 0 aromatic rings. The van der Waals surface area contributed by atoms with E-state index in [4.69, 9.17) is 5.11 Å². The van der Waals surface area contributed by atoms with Crippen molar-refractivity contribution in [2.45, 2.75) is 50.3 Å². The summed E-state index contributed by atoms with van der Waals surface area (Å²) in [5.41, 5.74) is 0. The molecular weight excluding hydrogens is 270 g/mol. The van der Waals surface area contributed by atoms with Gasteiger partial charge in [-0.25, -0.2) is 13.1 Å². The number of carbonyl (C=O) groups excluding carboxylic acids is 1. The van der Waals surface area contributed by atoms with Crippen LogP contribution >= 0.6 is 0 Å². The van der Waals surface area contributed by atoms with Gasteiger partial charge in [0.15, 0.2) is 0 Å². The van der Waals surface area contributed by atoms with Gasteiger partial charge in [-0.05, 0) is 32.6 Å². The molecule has 6 nitrogen and oxygen atoms in total. The van der Waals surface area contributed by atoms with E-state index in [9.17, 15) is 13.2 Å². The third kappa shape index (κ3) is 4.43. The van der Waals surface area contributed by atoms with Crippen LogP contribution in [0.15, 0.2) is 0 Å². The largest absolute Gasteiger partial charge is 0.469 e. The molecule has 3 atom stereocenters. The lowest BCUT2D eigenvalue weighted by Crippen LogP contribution is -2.43. The van der Waals surface area contributed by atoms with Crippen LogP contribution in [-0.4, -0.2) is 44.5 Å². The Bertz CT molecular complexity index is 395. The highest BCUT2D eigenvalue weighted by Gasteiger charge is 2.42. The Balaban J connectivity index is 2.68. The summed E-state index contributed by atoms with van der Waals surface area (Å²) in [5, 5.41) is 8.04. The number of hydrogen-bond donors (Lipinski definition) is 2. The Labute approximate surface area is 114 Å². The smallest absolute Gasteiger partial charge is 0.310 e. The highest BCUT2D eigenvalue weighted by Crippen LogP contribution is 2.31. The highest BCUT2D eigenvalue weighted by atomic mass is 32.2. The van der Waals surface area contributed by atoms with E-state index in [1.54, 1.807) is 6.92 Å². The number of sulfonamides is 1. The first-order valence-electron chi connectivity index (χ1n) is 6.62. The van der Waals surface area contributed by atoms with Gasteiger partial charge in [-0.2, -0.15) is 0 Å². The topological polar surface area (TPSA) is 92.7 Å².